The number of carbonyl (C=O) groups excluding carboxylic acids is 9. The molecule has 35 heteroatoms. The number of aliphatic hydroxyl groups is 2. The fraction of sp³-hybridized carbons (Fsp3) is 0.705. The summed E-state index contributed by atoms with van der Waals surface area (Å²) >= 11 is 0. The normalized spacial score (nSPS) is 13.2. The summed E-state index contributed by atoms with van der Waals surface area (Å²) in [6.07, 6.45) is 5.62. The van der Waals surface area contributed by atoms with Crippen LogP contribution in [0.1, 0.15) is 83.5 Å². The van der Waals surface area contributed by atoms with E-state index in [1.54, 1.807) is 0 Å². The van der Waals surface area contributed by atoms with E-state index in [-0.39, 0.29) is 50.7 Å². The van der Waals surface area contributed by atoms with E-state index in [2.05, 4.69) is 47.2 Å². The number of rotatable bonds is 42. The SMILES string of the molecule is NCCCCC(N)C(=O)NC(CCCCN)C(=O)NC(CCCN=C(N)N)C(=O)NCC(=O)NCC(=O)NC(CO)C(=O)O.NCCCCC(N)C(=O)NC(CCCN=C(N)N)C(=O)NCC(=O)NCC(=O)NC(CO)C(=O)O. The Morgan fingerprint density at radius 1 is 0.367 bits per heavy atom. The minimum Gasteiger partial charge on any atom is -0.480 e. The van der Waals surface area contributed by atoms with Crippen LogP contribution in [0.25, 0.3) is 0 Å². The number of aliphatic imine (C=N–C) groups is 2. The fourth-order valence-corrected chi connectivity index (χ4v) is 6.34. The molecule has 0 spiro atoms. The van der Waals surface area contributed by atoms with E-state index in [4.69, 9.17) is 72.0 Å². The minimum absolute atomic E-state index is 0.0676. The van der Waals surface area contributed by atoms with Crippen LogP contribution in [0, 0.1) is 0 Å². The second kappa shape index (κ2) is 44.4. The van der Waals surface area contributed by atoms with Crippen LogP contribution in [0.2, 0.25) is 0 Å². The predicted molar refractivity (Wildman–Crippen MR) is 286 cm³/mol. The highest BCUT2D eigenvalue weighted by Crippen LogP contribution is 2.07. The van der Waals surface area contributed by atoms with Gasteiger partial charge in [-0.2, -0.15) is 0 Å². The molecule has 0 saturated heterocycles. The average molecular weight is 1140 g/mol. The van der Waals surface area contributed by atoms with Crippen molar-refractivity contribution in [3.8, 4) is 0 Å². The molecule has 0 aliphatic heterocycles. The number of nitrogens with two attached hydrogens (primary N) is 9. The molecule has 7 atom stereocenters. The van der Waals surface area contributed by atoms with Crippen LogP contribution in [0.3, 0.4) is 0 Å². The van der Waals surface area contributed by atoms with E-state index in [1.165, 1.54) is 0 Å². The Bertz CT molecular complexity index is 1980. The second-order valence-electron chi connectivity index (χ2n) is 17.4. The average Bonchev–Trinajstić information content (AvgIpc) is 3.40. The van der Waals surface area contributed by atoms with Gasteiger partial charge in [0.1, 0.15) is 30.2 Å². The summed E-state index contributed by atoms with van der Waals surface area (Å²) in [5, 5.41) is 56.4. The lowest BCUT2D eigenvalue weighted by Crippen LogP contribution is -2.56. The van der Waals surface area contributed by atoms with Crippen LogP contribution in [-0.2, 0) is 52.7 Å². The maximum absolute atomic E-state index is 13.2. The largest absolute Gasteiger partial charge is 0.480 e. The van der Waals surface area contributed by atoms with Crippen molar-refractivity contribution in [1.29, 1.82) is 0 Å². The summed E-state index contributed by atoms with van der Waals surface area (Å²) in [5.41, 5.74) is 49.5. The maximum Gasteiger partial charge on any atom is 0.328 e. The highest BCUT2D eigenvalue weighted by atomic mass is 16.4. The zero-order chi connectivity index (χ0) is 60.3. The first kappa shape index (κ1) is 73.5. The van der Waals surface area contributed by atoms with Gasteiger partial charge in [-0.1, -0.05) is 12.8 Å². The van der Waals surface area contributed by atoms with Gasteiger partial charge in [0.05, 0.1) is 51.5 Å². The van der Waals surface area contributed by atoms with Gasteiger partial charge in [-0.05, 0) is 90.3 Å². The summed E-state index contributed by atoms with van der Waals surface area (Å²) in [6.45, 7) is -2.29. The predicted octanol–water partition coefficient (Wildman–Crippen LogP) is -10.8. The Balaban J connectivity index is 0. The molecule has 0 aliphatic carbocycles. The molecule has 0 radical (unpaired) electrons. The number of aliphatic carboxylic acids is 2. The van der Waals surface area contributed by atoms with Gasteiger partial charge < -0.3 is 120 Å². The minimum atomic E-state index is -1.54. The summed E-state index contributed by atoms with van der Waals surface area (Å²) < 4.78 is 0. The molecule has 0 fully saturated rings. The Kier molecular flexibility index (Phi) is 41.3. The Morgan fingerprint density at radius 2 is 0.671 bits per heavy atom. The molecule has 0 rings (SSSR count). The molecule has 0 aromatic carbocycles. The van der Waals surface area contributed by atoms with Crippen molar-refractivity contribution in [2.45, 2.75) is 126 Å². The molecule has 0 bridgehead atoms. The molecule has 35 nitrogen and oxygen atoms in total. The first-order chi connectivity index (χ1) is 37.4. The lowest BCUT2D eigenvalue weighted by atomic mass is 10.0. The van der Waals surface area contributed by atoms with Crippen molar-refractivity contribution >= 4 is 77.0 Å². The number of hydrogen-bond acceptors (Lipinski definition) is 20. The Labute approximate surface area is 456 Å². The van der Waals surface area contributed by atoms with Gasteiger partial charge in [-0.3, -0.25) is 53.1 Å². The quantitative estimate of drug-likeness (QED) is 0.0153. The highest BCUT2D eigenvalue weighted by molar-refractivity contribution is 5.95. The third-order valence-corrected chi connectivity index (χ3v) is 10.7. The lowest BCUT2D eigenvalue weighted by molar-refractivity contribution is -0.143. The topological polar surface area (TPSA) is 636 Å². The van der Waals surface area contributed by atoms with Gasteiger partial charge in [0, 0.05) is 13.1 Å². The standard InChI is InChI=1S/C25H49N11O8.C19H37N9O7/c26-9-3-1-6-15(28)21(40)35-17(7-2-4-10-27)23(42)36-16(8-5-11-31-25(29)30)22(41)33-12-19(38)32-13-20(39)34-18(14-37)24(43)44;20-6-2-1-4-11(21)16(32)28-12(5-3-7-24-19(22)23)17(33)26-8-14(30)25-9-15(31)27-13(10-29)18(34)35/h15-18,37H,1-14,26-28H2,(H,32,38)(H,33,41)(H,34,39)(H,35,40)(H,36,42)(H,43,44)(H4,29,30,31);11-13,29H,1-10,20-21H2,(H,25,30)(H,26,33)(H,27,31)(H,28,32)(H,34,35)(H4,22,23,24). The summed E-state index contributed by atoms with van der Waals surface area (Å²) in [6, 6.07) is -7.94. The molecule has 31 N–H and O–H groups in total. The van der Waals surface area contributed by atoms with Gasteiger partial charge in [-0.25, -0.2) is 9.59 Å². The number of nitrogens with zero attached hydrogens (tertiary/aromatic N) is 2. The summed E-state index contributed by atoms with van der Waals surface area (Å²) in [4.78, 5) is 141. The molecule has 79 heavy (non-hydrogen) atoms. The number of aliphatic hydroxyl groups excluding tert-OH is 2. The van der Waals surface area contributed by atoms with Crippen LogP contribution in [0.5, 0.6) is 0 Å². The van der Waals surface area contributed by atoms with E-state index in [9.17, 15) is 52.7 Å². The zero-order valence-corrected chi connectivity index (χ0v) is 44.4. The van der Waals surface area contributed by atoms with Gasteiger partial charge in [-0.15, -0.1) is 0 Å². The summed E-state index contributed by atoms with van der Waals surface area (Å²) in [7, 11) is 0. The number of amides is 9. The van der Waals surface area contributed by atoms with Crippen molar-refractivity contribution in [2.75, 3.05) is 72.1 Å². The maximum atomic E-state index is 13.2. The van der Waals surface area contributed by atoms with Gasteiger partial charge in [0.15, 0.2) is 11.9 Å². The molecule has 9 amide bonds. The molecule has 0 saturated carbocycles. The second-order valence-corrected chi connectivity index (χ2v) is 17.4. The van der Waals surface area contributed by atoms with Crippen LogP contribution in [0.4, 0.5) is 0 Å². The van der Waals surface area contributed by atoms with E-state index in [0.717, 1.165) is 0 Å². The molecule has 7 unspecified atom stereocenters. The van der Waals surface area contributed by atoms with Crippen molar-refractivity contribution < 1.29 is 73.2 Å². The molecule has 0 aliphatic rings. The lowest BCUT2D eigenvalue weighted by Gasteiger charge is -2.24. The third-order valence-electron chi connectivity index (χ3n) is 10.7. The van der Waals surface area contributed by atoms with Crippen LogP contribution in [0.15, 0.2) is 9.98 Å². The highest BCUT2D eigenvalue weighted by Gasteiger charge is 2.29. The van der Waals surface area contributed by atoms with E-state index < -0.39 is 147 Å². The number of guanidine groups is 2. The summed E-state index contributed by atoms with van der Waals surface area (Å²) in [5.74, 6) is -9.55. The Morgan fingerprint density at radius 3 is 0.987 bits per heavy atom. The molecule has 0 aromatic heterocycles. The smallest absolute Gasteiger partial charge is 0.328 e. The van der Waals surface area contributed by atoms with Crippen molar-refractivity contribution in [1.82, 2.24) is 47.9 Å². The first-order valence-electron chi connectivity index (χ1n) is 25.4. The zero-order valence-electron chi connectivity index (χ0n) is 44.4. The van der Waals surface area contributed by atoms with Crippen LogP contribution < -0.4 is 99.5 Å². The number of carboxylic acid groups (broad SMARTS) is 2. The molecule has 452 valence electrons. The van der Waals surface area contributed by atoms with E-state index >= 15 is 0 Å². The van der Waals surface area contributed by atoms with Gasteiger partial charge in [0.25, 0.3) is 0 Å². The first-order valence-corrected chi connectivity index (χ1v) is 25.4. The van der Waals surface area contributed by atoms with Gasteiger partial charge >= 0.3 is 11.9 Å². The Hall–Kier alpha value is -7.57. The number of carbonyl (C=O) groups is 11. The van der Waals surface area contributed by atoms with Crippen LogP contribution >= 0.6 is 0 Å². The van der Waals surface area contributed by atoms with Crippen molar-refractivity contribution in [3.63, 3.8) is 0 Å². The molecular weight excluding hydrogens is 1050 g/mol. The molecular formula is C44H86N20O15. The monoisotopic (exact) mass is 1130 g/mol. The van der Waals surface area contributed by atoms with Crippen molar-refractivity contribution in [2.24, 2.45) is 61.6 Å². The van der Waals surface area contributed by atoms with E-state index in [1.807, 2.05) is 10.6 Å². The number of unbranched alkanes of at least 4 members (excludes halogenated alkanes) is 3. The van der Waals surface area contributed by atoms with Gasteiger partial charge in [0.2, 0.25) is 53.2 Å². The van der Waals surface area contributed by atoms with Crippen molar-refractivity contribution in [3.05, 3.63) is 0 Å². The fourth-order valence-electron chi connectivity index (χ4n) is 6.34. The van der Waals surface area contributed by atoms with E-state index in [0.29, 0.717) is 77.4 Å². The number of nitrogens with one attached hydrogen (secondary N) is 9. The number of carboxylic acids is 2. The third kappa shape index (κ3) is 37.8. The van der Waals surface area contributed by atoms with Crippen LogP contribution in [-0.4, -0.2) is 212 Å². The number of hydrogen-bond donors (Lipinski definition) is 22. The molecule has 0 aromatic rings. The molecule has 0 heterocycles.